The van der Waals surface area contributed by atoms with E-state index in [0.29, 0.717) is 11.6 Å². The third-order valence-corrected chi connectivity index (χ3v) is 3.93. The Balaban J connectivity index is 1.56. The molecule has 86 valence electrons. The minimum absolute atomic E-state index is 0.329. The summed E-state index contributed by atoms with van der Waals surface area (Å²) in [6.07, 6.45) is 5.38. The lowest BCUT2D eigenvalue weighted by Gasteiger charge is -2.40. The highest BCUT2D eigenvalue weighted by Gasteiger charge is 2.32. The van der Waals surface area contributed by atoms with Gasteiger partial charge < -0.3 is 10.1 Å². The van der Waals surface area contributed by atoms with Crippen LogP contribution in [0.3, 0.4) is 0 Å². The van der Waals surface area contributed by atoms with Gasteiger partial charge in [-0.1, -0.05) is 18.2 Å². The molecule has 0 aromatic heterocycles. The lowest BCUT2D eigenvalue weighted by molar-refractivity contribution is 0.161. The average Bonchev–Trinajstić information content (AvgIpc) is 2.66. The Morgan fingerprint density at radius 2 is 2.19 bits per heavy atom. The van der Waals surface area contributed by atoms with E-state index in [9.17, 15) is 0 Å². The van der Waals surface area contributed by atoms with Crippen molar-refractivity contribution in [2.45, 2.75) is 44.2 Å². The number of para-hydroxylation sites is 1. The van der Waals surface area contributed by atoms with E-state index >= 15 is 0 Å². The molecular formula is C14H19NO. The Morgan fingerprint density at radius 1 is 1.38 bits per heavy atom. The monoisotopic (exact) mass is 217 g/mol. The van der Waals surface area contributed by atoms with Gasteiger partial charge in [-0.05, 0) is 37.8 Å². The molecule has 0 amide bonds. The Kier molecular flexibility index (Phi) is 2.40. The SMILES string of the molecule is CC1(NCC2Cc3ccccc3O2)CCC1. The van der Waals surface area contributed by atoms with Crippen molar-refractivity contribution < 1.29 is 4.74 Å². The van der Waals surface area contributed by atoms with Crippen LogP contribution in [0.5, 0.6) is 5.75 Å². The van der Waals surface area contributed by atoms with Crippen LogP contribution in [0, 0.1) is 0 Å². The Bertz CT molecular complexity index is 359. The predicted molar refractivity (Wildman–Crippen MR) is 64.8 cm³/mol. The van der Waals surface area contributed by atoms with Gasteiger partial charge in [-0.3, -0.25) is 0 Å². The van der Waals surface area contributed by atoms with Gasteiger partial charge >= 0.3 is 0 Å². The number of hydrogen-bond donors (Lipinski definition) is 1. The molecule has 0 spiro atoms. The van der Waals surface area contributed by atoms with Gasteiger partial charge in [-0.2, -0.15) is 0 Å². The molecule has 16 heavy (non-hydrogen) atoms. The minimum Gasteiger partial charge on any atom is -0.488 e. The van der Waals surface area contributed by atoms with Gasteiger partial charge in [0.25, 0.3) is 0 Å². The highest BCUT2D eigenvalue weighted by atomic mass is 16.5. The minimum atomic E-state index is 0.329. The van der Waals surface area contributed by atoms with Crippen molar-refractivity contribution in [3.05, 3.63) is 29.8 Å². The standard InChI is InChI=1S/C14H19NO/c1-14(7-4-8-14)15-10-12-9-11-5-2-3-6-13(11)16-12/h2-3,5-6,12,15H,4,7-10H2,1H3. The highest BCUT2D eigenvalue weighted by molar-refractivity contribution is 5.37. The molecule has 2 aliphatic rings. The van der Waals surface area contributed by atoms with Crippen LogP contribution in [0.15, 0.2) is 24.3 Å². The second-order valence-corrected chi connectivity index (χ2v) is 5.35. The molecule has 1 heterocycles. The fourth-order valence-electron chi connectivity index (χ4n) is 2.61. The summed E-state index contributed by atoms with van der Waals surface area (Å²) < 4.78 is 5.91. The van der Waals surface area contributed by atoms with Gasteiger partial charge in [0.2, 0.25) is 0 Å². The second-order valence-electron chi connectivity index (χ2n) is 5.35. The van der Waals surface area contributed by atoms with E-state index in [1.165, 1.54) is 24.8 Å². The molecule has 3 rings (SSSR count). The number of ether oxygens (including phenoxy) is 1. The molecular weight excluding hydrogens is 198 g/mol. The number of hydrogen-bond acceptors (Lipinski definition) is 2. The fourth-order valence-corrected chi connectivity index (χ4v) is 2.61. The molecule has 0 radical (unpaired) electrons. The zero-order valence-electron chi connectivity index (χ0n) is 9.83. The van der Waals surface area contributed by atoms with Crippen molar-refractivity contribution in [3.8, 4) is 5.75 Å². The lowest BCUT2D eigenvalue weighted by Crippen LogP contribution is -2.51. The van der Waals surface area contributed by atoms with Gasteiger partial charge in [-0.15, -0.1) is 0 Å². The van der Waals surface area contributed by atoms with Crippen LogP contribution in [-0.4, -0.2) is 18.2 Å². The van der Waals surface area contributed by atoms with E-state index in [1.54, 1.807) is 0 Å². The van der Waals surface area contributed by atoms with Crippen molar-refractivity contribution in [1.82, 2.24) is 5.32 Å². The molecule has 1 atom stereocenters. The normalized spacial score (nSPS) is 25.7. The van der Waals surface area contributed by atoms with Crippen LogP contribution in [-0.2, 0) is 6.42 Å². The summed E-state index contributed by atoms with van der Waals surface area (Å²) in [4.78, 5) is 0. The Hall–Kier alpha value is -1.02. The number of nitrogens with one attached hydrogen (secondary N) is 1. The third kappa shape index (κ3) is 1.82. The first-order valence-electron chi connectivity index (χ1n) is 6.25. The topological polar surface area (TPSA) is 21.3 Å². The molecule has 1 aromatic rings. The first kappa shape index (κ1) is 10.2. The zero-order valence-corrected chi connectivity index (χ0v) is 9.83. The predicted octanol–water partition coefficient (Wildman–Crippen LogP) is 2.52. The second kappa shape index (κ2) is 3.77. The van der Waals surface area contributed by atoms with Crippen LogP contribution in [0.4, 0.5) is 0 Å². The van der Waals surface area contributed by atoms with Crippen LogP contribution < -0.4 is 10.1 Å². The van der Waals surface area contributed by atoms with E-state index in [-0.39, 0.29) is 0 Å². The van der Waals surface area contributed by atoms with Gasteiger partial charge in [0.15, 0.2) is 0 Å². The molecule has 1 unspecified atom stereocenters. The Labute approximate surface area is 97.0 Å². The van der Waals surface area contributed by atoms with Gasteiger partial charge in [0.05, 0.1) is 0 Å². The van der Waals surface area contributed by atoms with E-state index in [4.69, 9.17) is 4.74 Å². The maximum Gasteiger partial charge on any atom is 0.123 e. The summed E-state index contributed by atoms with van der Waals surface area (Å²) in [6.45, 7) is 3.30. The van der Waals surface area contributed by atoms with Crippen LogP contribution in [0.1, 0.15) is 31.7 Å². The summed E-state index contributed by atoms with van der Waals surface area (Å²) in [6, 6.07) is 8.37. The van der Waals surface area contributed by atoms with E-state index < -0.39 is 0 Å². The molecule has 0 saturated heterocycles. The molecule has 1 fully saturated rings. The van der Waals surface area contributed by atoms with Gasteiger partial charge in [-0.25, -0.2) is 0 Å². The number of fused-ring (bicyclic) bond motifs is 1. The molecule has 0 bridgehead atoms. The molecule has 1 N–H and O–H groups in total. The first-order valence-corrected chi connectivity index (χ1v) is 6.25. The summed E-state index contributed by atoms with van der Waals surface area (Å²) in [5, 5.41) is 3.65. The van der Waals surface area contributed by atoms with Gasteiger partial charge in [0.1, 0.15) is 11.9 Å². The van der Waals surface area contributed by atoms with Crippen molar-refractivity contribution in [1.29, 1.82) is 0 Å². The van der Waals surface area contributed by atoms with Gasteiger partial charge in [0, 0.05) is 18.5 Å². The van der Waals surface area contributed by atoms with Crippen LogP contribution in [0.2, 0.25) is 0 Å². The smallest absolute Gasteiger partial charge is 0.123 e. The molecule has 1 aliphatic carbocycles. The third-order valence-electron chi connectivity index (χ3n) is 3.93. The average molecular weight is 217 g/mol. The highest BCUT2D eigenvalue weighted by Crippen LogP contribution is 2.32. The molecule has 2 heteroatoms. The maximum absolute atomic E-state index is 5.91. The van der Waals surface area contributed by atoms with Crippen molar-refractivity contribution in [2.75, 3.05) is 6.54 Å². The van der Waals surface area contributed by atoms with Crippen molar-refractivity contribution in [3.63, 3.8) is 0 Å². The molecule has 1 aromatic carbocycles. The first-order chi connectivity index (χ1) is 7.75. The Morgan fingerprint density at radius 3 is 2.88 bits per heavy atom. The molecule has 2 nitrogen and oxygen atoms in total. The van der Waals surface area contributed by atoms with Crippen molar-refractivity contribution in [2.24, 2.45) is 0 Å². The van der Waals surface area contributed by atoms with Crippen molar-refractivity contribution >= 4 is 0 Å². The van der Waals surface area contributed by atoms with E-state index in [2.05, 4.69) is 30.4 Å². The summed E-state index contributed by atoms with van der Waals surface area (Å²) in [5.74, 6) is 1.08. The molecule has 1 aliphatic heterocycles. The summed E-state index contributed by atoms with van der Waals surface area (Å²) in [7, 11) is 0. The number of benzene rings is 1. The summed E-state index contributed by atoms with van der Waals surface area (Å²) >= 11 is 0. The van der Waals surface area contributed by atoms with Crippen LogP contribution >= 0.6 is 0 Å². The fraction of sp³-hybridized carbons (Fsp3) is 0.571. The molecule has 1 saturated carbocycles. The quantitative estimate of drug-likeness (QED) is 0.840. The lowest BCUT2D eigenvalue weighted by atomic mass is 9.78. The largest absolute Gasteiger partial charge is 0.488 e. The van der Waals surface area contributed by atoms with Crippen LogP contribution in [0.25, 0.3) is 0 Å². The maximum atomic E-state index is 5.91. The zero-order chi connectivity index (χ0) is 11.0. The number of rotatable bonds is 3. The van der Waals surface area contributed by atoms with E-state index in [0.717, 1.165) is 18.7 Å². The van der Waals surface area contributed by atoms with E-state index in [1.807, 2.05) is 6.07 Å². The summed E-state index contributed by atoms with van der Waals surface area (Å²) in [5.41, 5.74) is 1.74.